The summed E-state index contributed by atoms with van der Waals surface area (Å²) in [7, 11) is 0. The lowest BCUT2D eigenvalue weighted by Gasteiger charge is -2.19. The predicted octanol–water partition coefficient (Wildman–Crippen LogP) is 3.27. The lowest BCUT2D eigenvalue weighted by atomic mass is 10.0. The van der Waals surface area contributed by atoms with Crippen molar-refractivity contribution in [1.82, 2.24) is 5.48 Å². The maximum atomic E-state index is 11.7. The third kappa shape index (κ3) is 4.57. The molecule has 0 aromatic heterocycles. The van der Waals surface area contributed by atoms with Gasteiger partial charge < -0.3 is 0 Å². The molecule has 0 spiro atoms. The number of nitrogens with one attached hydrogen (secondary N) is 1. The molecule has 0 fully saturated rings. The van der Waals surface area contributed by atoms with E-state index in [9.17, 15) is 4.79 Å². The second-order valence-electron chi connectivity index (χ2n) is 5.42. The van der Waals surface area contributed by atoms with Gasteiger partial charge in [-0.1, -0.05) is 26.0 Å². The molecule has 1 rings (SSSR count). The van der Waals surface area contributed by atoms with Crippen LogP contribution in [0.5, 0.6) is 0 Å². The van der Waals surface area contributed by atoms with Crippen LogP contribution in [-0.2, 0) is 4.84 Å². The van der Waals surface area contributed by atoms with Crippen molar-refractivity contribution >= 4 is 5.91 Å². The van der Waals surface area contributed by atoms with Crippen LogP contribution >= 0.6 is 0 Å². The highest BCUT2D eigenvalue weighted by molar-refractivity contribution is 5.93. The second-order valence-corrected chi connectivity index (χ2v) is 5.42. The van der Waals surface area contributed by atoms with E-state index in [4.69, 9.17) is 4.84 Å². The molecule has 17 heavy (non-hydrogen) atoms. The molecule has 0 radical (unpaired) electrons. The molecule has 0 aliphatic carbocycles. The molecule has 0 atom stereocenters. The van der Waals surface area contributed by atoms with Crippen molar-refractivity contribution < 1.29 is 9.63 Å². The van der Waals surface area contributed by atoms with Gasteiger partial charge in [-0.3, -0.25) is 9.63 Å². The predicted molar refractivity (Wildman–Crippen MR) is 68.8 cm³/mol. The molecule has 0 saturated carbocycles. The highest BCUT2D eigenvalue weighted by Crippen LogP contribution is 2.14. The molecule has 0 saturated heterocycles. The van der Waals surface area contributed by atoms with E-state index in [2.05, 4.69) is 19.3 Å². The Morgan fingerprint density at radius 1 is 1.18 bits per heavy atom. The Balaban J connectivity index is 2.64. The Kier molecular flexibility index (Phi) is 4.29. The summed E-state index contributed by atoms with van der Waals surface area (Å²) in [6.45, 7) is 9.90. The van der Waals surface area contributed by atoms with Crippen LogP contribution < -0.4 is 5.48 Å². The van der Waals surface area contributed by atoms with Crippen molar-refractivity contribution in [2.75, 3.05) is 0 Å². The van der Waals surface area contributed by atoms with E-state index >= 15 is 0 Å². The second kappa shape index (κ2) is 5.32. The van der Waals surface area contributed by atoms with Crippen LogP contribution in [0.3, 0.4) is 0 Å². The Hall–Kier alpha value is -1.35. The molecule has 0 heterocycles. The third-order valence-corrected chi connectivity index (χ3v) is 2.29. The molecule has 3 heteroatoms. The average Bonchev–Trinajstić information content (AvgIpc) is 2.25. The molecular weight excluding hydrogens is 214 g/mol. The number of hydrogen-bond donors (Lipinski definition) is 1. The summed E-state index contributed by atoms with van der Waals surface area (Å²) in [4.78, 5) is 17.0. The molecule has 1 aromatic carbocycles. The monoisotopic (exact) mass is 235 g/mol. The van der Waals surface area contributed by atoms with E-state index < -0.39 is 0 Å². The van der Waals surface area contributed by atoms with Gasteiger partial charge in [-0.25, -0.2) is 5.48 Å². The molecule has 1 N–H and O–H groups in total. The smallest absolute Gasteiger partial charge is 0.268 e. The molecule has 1 amide bonds. The van der Waals surface area contributed by atoms with Gasteiger partial charge in [0.05, 0.1) is 5.60 Å². The first kappa shape index (κ1) is 13.7. The van der Waals surface area contributed by atoms with Crippen molar-refractivity contribution in [2.24, 2.45) is 0 Å². The summed E-state index contributed by atoms with van der Waals surface area (Å²) in [5.74, 6) is 0.258. The van der Waals surface area contributed by atoms with Gasteiger partial charge in [0.15, 0.2) is 0 Å². The normalized spacial score (nSPS) is 11.6. The van der Waals surface area contributed by atoms with Gasteiger partial charge in [-0.15, -0.1) is 0 Å². The van der Waals surface area contributed by atoms with Crippen LogP contribution in [0, 0.1) is 0 Å². The molecule has 3 nitrogen and oxygen atoms in total. The number of rotatable bonds is 3. The van der Waals surface area contributed by atoms with Crippen LogP contribution in [0.4, 0.5) is 0 Å². The summed E-state index contributed by atoms with van der Waals surface area (Å²) in [5, 5.41) is 0. The summed E-state index contributed by atoms with van der Waals surface area (Å²) < 4.78 is 0. The number of carbonyl (C=O) groups is 1. The number of hydroxylamine groups is 1. The van der Waals surface area contributed by atoms with Crippen LogP contribution in [0.1, 0.15) is 56.5 Å². The summed E-state index contributed by atoms with van der Waals surface area (Å²) in [5.41, 5.74) is 3.90. The fourth-order valence-electron chi connectivity index (χ4n) is 1.28. The highest BCUT2D eigenvalue weighted by Gasteiger charge is 2.13. The van der Waals surface area contributed by atoms with E-state index in [1.54, 1.807) is 0 Å². The van der Waals surface area contributed by atoms with Crippen molar-refractivity contribution in [1.29, 1.82) is 0 Å². The zero-order valence-corrected chi connectivity index (χ0v) is 11.2. The minimum atomic E-state index is -0.381. The van der Waals surface area contributed by atoms with Gasteiger partial charge in [0.25, 0.3) is 5.91 Å². The maximum Gasteiger partial charge on any atom is 0.274 e. The molecular formula is C14H21NO2. The third-order valence-electron chi connectivity index (χ3n) is 2.29. The Morgan fingerprint density at radius 3 is 2.12 bits per heavy atom. The van der Waals surface area contributed by atoms with E-state index in [1.807, 2.05) is 45.0 Å². The standard InChI is InChI=1S/C14H21NO2/c1-10(2)11-6-8-12(9-7-11)13(16)15-17-14(3,4)5/h6-10H,1-5H3,(H,15,16). The fraction of sp³-hybridized carbons (Fsp3) is 0.500. The Labute approximate surface area is 103 Å². The van der Waals surface area contributed by atoms with Crippen molar-refractivity contribution in [3.63, 3.8) is 0 Å². The van der Waals surface area contributed by atoms with Gasteiger partial charge in [0.2, 0.25) is 0 Å². The van der Waals surface area contributed by atoms with Crippen LogP contribution in [-0.4, -0.2) is 11.5 Å². The molecule has 0 aliphatic rings. The van der Waals surface area contributed by atoms with Crippen molar-refractivity contribution in [3.05, 3.63) is 35.4 Å². The number of hydrogen-bond acceptors (Lipinski definition) is 2. The molecule has 1 aromatic rings. The van der Waals surface area contributed by atoms with Crippen LogP contribution in [0.2, 0.25) is 0 Å². The first-order valence-corrected chi connectivity index (χ1v) is 5.88. The first-order chi connectivity index (χ1) is 7.79. The maximum absolute atomic E-state index is 11.7. The van der Waals surface area contributed by atoms with Gasteiger partial charge in [0.1, 0.15) is 0 Å². The number of carbonyl (C=O) groups excluding carboxylic acids is 1. The van der Waals surface area contributed by atoms with Crippen LogP contribution in [0.25, 0.3) is 0 Å². The fourth-order valence-corrected chi connectivity index (χ4v) is 1.28. The largest absolute Gasteiger partial charge is 0.274 e. The van der Waals surface area contributed by atoms with E-state index in [0.29, 0.717) is 11.5 Å². The average molecular weight is 235 g/mol. The number of amides is 1. The topological polar surface area (TPSA) is 38.3 Å². The lowest BCUT2D eigenvalue weighted by molar-refractivity contribution is -0.0589. The van der Waals surface area contributed by atoms with Gasteiger partial charge in [0, 0.05) is 5.56 Å². The summed E-state index contributed by atoms with van der Waals surface area (Å²) in [6.07, 6.45) is 0. The zero-order chi connectivity index (χ0) is 13.1. The summed E-state index contributed by atoms with van der Waals surface area (Å²) in [6, 6.07) is 7.57. The van der Waals surface area contributed by atoms with Gasteiger partial charge >= 0.3 is 0 Å². The van der Waals surface area contributed by atoms with E-state index in [-0.39, 0.29) is 11.5 Å². The van der Waals surface area contributed by atoms with E-state index in [1.165, 1.54) is 5.56 Å². The quantitative estimate of drug-likeness (QED) is 0.816. The van der Waals surface area contributed by atoms with Crippen molar-refractivity contribution in [2.45, 2.75) is 46.1 Å². The van der Waals surface area contributed by atoms with Crippen LogP contribution in [0.15, 0.2) is 24.3 Å². The SMILES string of the molecule is CC(C)c1ccc(C(=O)NOC(C)(C)C)cc1. The first-order valence-electron chi connectivity index (χ1n) is 5.88. The summed E-state index contributed by atoms with van der Waals surface area (Å²) >= 11 is 0. The Bertz CT molecular complexity index is 374. The van der Waals surface area contributed by atoms with E-state index in [0.717, 1.165) is 0 Å². The minimum absolute atomic E-state index is 0.213. The number of benzene rings is 1. The molecule has 0 aliphatic heterocycles. The molecule has 94 valence electrons. The zero-order valence-electron chi connectivity index (χ0n) is 11.2. The van der Waals surface area contributed by atoms with Crippen molar-refractivity contribution in [3.8, 4) is 0 Å². The molecule has 0 unspecified atom stereocenters. The minimum Gasteiger partial charge on any atom is -0.268 e. The Morgan fingerprint density at radius 2 is 1.71 bits per heavy atom. The van der Waals surface area contributed by atoms with Gasteiger partial charge in [-0.05, 0) is 44.4 Å². The lowest BCUT2D eigenvalue weighted by Crippen LogP contribution is -2.33. The van der Waals surface area contributed by atoms with Gasteiger partial charge in [-0.2, -0.15) is 0 Å². The highest BCUT2D eigenvalue weighted by atomic mass is 16.7. The molecule has 0 bridgehead atoms.